The molecule has 1 aromatic heterocycles. The molecule has 0 atom stereocenters. The number of thioether (sulfide) groups is 1. The first-order valence-corrected chi connectivity index (χ1v) is 11.7. The van der Waals surface area contributed by atoms with Crippen molar-refractivity contribution in [2.24, 2.45) is 4.99 Å². The van der Waals surface area contributed by atoms with Crippen LogP contribution < -0.4 is 4.74 Å². The Bertz CT molecular complexity index is 1080. The molecule has 5 nitrogen and oxygen atoms in total. The fourth-order valence-electron chi connectivity index (χ4n) is 3.37. The minimum atomic E-state index is -0.279. The molecule has 1 aliphatic heterocycles. The predicted molar refractivity (Wildman–Crippen MR) is 125 cm³/mol. The maximum absolute atomic E-state index is 13.0. The summed E-state index contributed by atoms with van der Waals surface area (Å²) in [6.07, 6.45) is 7.95. The third-order valence-electron chi connectivity index (χ3n) is 5.02. The van der Waals surface area contributed by atoms with E-state index in [9.17, 15) is 4.79 Å². The number of unbranched alkanes of at least 4 members (excludes halogenated alkanes) is 4. The summed E-state index contributed by atoms with van der Waals surface area (Å²) < 4.78 is 5.97. The van der Waals surface area contributed by atoms with Gasteiger partial charge in [-0.1, -0.05) is 81.1 Å². The maximum atomic E-state index is 13.0. The average Bonchev–Trinajstić information content (AvgIpc) is 2.98. The molecule has 0 saturated heterocycles. The smallest absolute Gasteiger partial charge is 0.270 e. The molecule has 1 aliphatic rings. The zero-order valence-electron chi connectivity index (χ0n) is 17.6. The second-order valence-electron chi connectivity index (χ2n) is 7.36. The van der Waals surface area contributed by atoms with Crippen LogP contribution in [0.2, 0.25) is 0 Å². The molecule has 0 N–H and O–H groups in total. The summed E-state index contributed by atoms with van der Waals surface area (Å²) in [5.41, 5.74) is 2.57. The van der Waals surface area contributed by atoms with E-state index in [4.69, 9.17) is 4.74 Å². The summed E-state index contributed by atoms with van der Waals surface area (Å²) in [5, 5.41) is 0.792. The summed E-state index contributed by atoms with van der Waals surface area (Å²) in [5.74, 6) is 1.04. The number of fused-ring (bicyclic) bond motifs is 3. The number of hydrogen-bond donors (Lipinski definition) is 0. The third-order valence-corrected chi connectivity index (χ3v) is 6.01. The van der Waals surface area contributed by atoms with E-state index >= 15 is 0 Å². The summed E-state index contributed by atoms with van der Waals surface area (Å²) in [4.78, 5) is 26.9. The first-order valence-electron chi connectivity index (χ1n) is 10.7. The molecular formula is C25H25N3O2S. The number of hydrogen-bond acceptors (Lipinski definition) is 6. The lowest BCUT2D eigenvalue weighted by molar-refractivity contribution is 0.104. The van der Waals surface area contributed by atoms with E-state index in [1.807, 2.05) is 42.5 Å². The summed E-state index contributed by atoms with van der Waals surface area (Å²) >= 11 is 1.67. The predicted octanol–water partition coefficient (Wildman–Crippen LogP) is 6.51. The van der Waals surface area contributed by atoms with Gasteiger partial charge in [0.2, 0.25) is 11.7 Å². The van der Waals surface area contributed by atoms with Gasteiger partial charge in [0.1, 0.15) is 10.7 Å². The van der Waals surface area contributed by atoms with Gasteiger partial charge in [-0.05, 0) is 18.2 Å². The van der Waals surface area contributed by atoms with E-state index in [-0.39, 0.29) is 11.7 Å². The van der Waals surface area contributed by atoms with Crippen LogP contribution in [0.3, 0.4) is 0 Å². The lowest BCUT2D eigenvalue weighted by Crippen LogP contribution is -2.21. The highest BCUT2D eigenvalue weighted by atomic mass is 32.2. The van der Waals surface area contributed by atoms with Crippen molar-refractivity contribution in [2.45, 2.75) is 44.1 Å². The van der Waals surface area contributed by atoms with Gasteiger partial charge in [-0.15, -0.1) is 11.8 Å². The number of rotatable bonds is 9. The number of Topliss-reactive ketones (excluding diaryl/α,β-unsaturated/α-hetero) is 1. The normalized spacial score (nSPS) is 12.2. The fourth-order valence-corrected chi connectivity index (χ4v) is 4.20. The van der Waals surface area contributed by atoms with Crippen LogP contribution in [0.1, 0.15) is 49.4 Å². The Morgan fingerprint density at radius 3 is 2.58 bits per heavy atom. The van der Waals surface area contributed by atoms with Gasteiger partial charge >= 0.3 is 0 Å². The van der Waals surface area contributed by atoms with Gasteiger partial charge in [0.05, 0.1) is 11.9 Å². The van der Waals surface area contributed by atoms with Crippen molar-refractivity contribution in [3.05, 3.63) is 66.4 Å². The first kappa shape index (κ1) is 21.2. The number of aromatic nitrogens is 2. The van der Waals surface area contributed by atoms with Crippen LogP contribution in [-0.2, 0) is 0 Å². The monoisotopic (exact) mass is 431 g/mol. The Hall–Kier alpha value is -2.99. The molecule has 0 radical (unpaired) electrons. The van der Waals surface area contributed by atoms with Gasteiger partial charge in [-0.2, -0.15) is 0 Å². The highest BCUT2D eigenvalue weighted by Gasteiger charge is 2.25. The van der Waals surface area contributed by atoms with Gasteiger partial charge in [-0.3, -0.25) is 4.79 Å². The number of ether oxygens (including phenoxy) is 1. The number of ketones is 1. The van der Waals surface area contributed by atoms with Crippen LogP contribution in [0.25, 0.3) is 11.3 Å². The molecule has 3 aromatic rings. The van der Waals surface area contributed by atoms with Crippen molar-refractivity contribution >= 4 is 29.1 Å². The molecule has 0 amide bonds. The van der Waals surface area contributed by atoms with Gasteiger partial charge in [0.25, 0.3) is 5.90 Å². The lowest BCUT2D eigenvalue weighted by Gasteiger charge is -2.09. The number of benzene rings is 2. The van der Waals surface area contributed by atoms with Gasteiger partial charge < -0.3 is 4.74 Å². The summed E-state index contributed by atoms with van der Waals surface area (Å²) in [6, 6.07) is 16.6. The topological polar surface area (TPSA) is 64.4 Å². The van der Waals surface area contributed by atoms with E-state index in [2.05, 4.69) is 21.9 Å². The molecule has 4 rings (SSSR count). The van der Waals surface area contributed by atoms with E-state index in [1.165, 1.54) is 25.7 Å². The zero-order valence-corrected chi connectivity index (χ0v) is 18.4. The number of carbonyl (C=O) groups excluding carboxylic acids is 1. The second-order valence-corrected chi connectivity index (χ2v) is 8.47. The zero-order chi connectivity index (χ0) is 21.5. The minimum absolute atomic E-state index is 0.00779. The molecule has 0 spiro atoms. The van der Waals surface area contributed by atoms with E-state index in [0.29, 0.717) is 22.8 Å². The number of aliphatic imine (C=N–C) groups is 1. The summed E-state index contributed by atoms with van der Waals surface area (Å²) in [6.45, 7) is 2.22. The van der Waals surface area contributed by atoms with Crippen molar-refractivity contribution in [1.82, 2.24) is 9.97 Å². The highest BCUT2D eigenvalue weighted by molar-refractivity contribution is 7.99. The lowest BCUT2D eigenvalue weighted by atomic mass is 10.1. The van der Waals surface area contributed by atoms with Gasteiger partial charge in [0, 0.05) is 11.1 Å². The van der Waals surface area contributed by atoms with E-state index in [0.717, 1.165) is 22.8 Å². The van der Waals surface area contributed by atoms with Crippen LogP contribution in [0.15, 0.2) is 70.8 Å². The molecule has 2 heterocycles. The Kier molecular flexibility index (Phi) is 7.10. The van der Waals surface area contributed by atoms with E-state index < -0.39 is 0 Å². The molecule has 6 heteroatoms. The standard InChI is InChI=1S/C25H25N3O2S/c1-2-3-4-5-11-16-31-21-17-26-22-19-14-9-10-15-20(19)27-25(30-24(22)28-21)23(29)18-12-7-6-8-13-18/h6-10,12-15,17H,2-5,11,16H2,1H3. The quantitative estimate of drug-likeness (QED) is 0.219. The molecule has 0 fully saturated rings. The molecule has 2 aromatic carbocycles. The summed E-state index contributed by atoms with van der Waals surface area (Å²) in [7, 11) is 0. The maximum Gasteiger partial charge on any atom is 0.270 e. The van der Waals surface area contributed by atoms with Crippen molar-refractivity contribution in [3.63, 3.8) is 0 Å². The average molecular weight is 432 g/mol. The molecule has 0 aliphatic carbocycles. The van der Waals surface area contributed by atoms with E-state index in [1.54, 1.807) is 30.1 Å². The Labute approximate surface area is 187 Å². The number of para-hydroxylation sites is 1. The minimum Gasteiger partial charge on any atom is -0.414 e. The SMILES string of the molecule is CCCCCCCSc1cnc2c(n1)OC(C(=O)c1ccccc1)=Nc1ccccc1-2. The molecule has 31 heavy (non-hydrogen) atoms. The molecular weight excluding hydrogens is 406 g/mol. The van der Waals surface area contributed by atoms with Gasteiger partial charge in [0.15, 0.2) is 0 Å². The highest BCUT2D eigenvalue weighted by Crippen LogP contribution is 2.37. The Balaban J connectivity index is 1.59. The van der Waals surface area contributed by atoms with Gasteiger partial charge in [-0.25, -0.2) is 15.0 Å². The molecule has 0 bridgehead atoms. The van der Waals surface area contributed by atoms with Crippen LogP contribution in [0, 0.1) is 0 Å². The second kappa shape index (κ2) is 10.4. The fraction of sp³-hybridized carbons (Fsp3) is 0.280. The molecule has 0 unspecified atom stereocenters. The molecule has 0 saturated carbocycles. The Morgan fingerprint density at radius 2 is 1.74 bits per heavy atom. The Morgan fingerprint density at radius 1 is 0.968 bits per heavy atom. The third kappa shape index (κ3) is 5.20. The largest absolute Gasteiger partial charge is 0.414 e. The van der Waals surface area contributed by atoms with Crippen molar-refractivity contribution in [3.8, 4) is 17.1 Å². The van der Waals surface area contributed by atoms with Crippen molar-refractivity contribution in [1.29, 1.82) is 0 Å². The first-order chi connectivity index (χ1) is 15.3. The van der Waals surface area contributed by atoms with Crippen LogP contribution in [-0.4, -0.2) is 27.4 Å². The van der Waals surface area contributed by atoms with Crippen LogP contribution in [0.5, 0.6) is 5.88 Å². The van der Waals surface area contributed by atoms with Crippen molar-refractivity contribution < 1.29 is 9.53 Å². The van der Waals surface area contributed by atoms with Crippen molar-refractivity contribution in [2.75, 3.05) is 5.75 Å². The number of nitrogens with zero attached hydrogens (tertiary/aromatic N) is 3. The molecule has 158 valence electrons. The van der Waals surface area contributed by atoms with Crippen LogP contribution >= 0.6 is 11.8 Å². The van der Waals surface area contributed by atoms with Crippen LogP contribution in [0.4, 0.5) is 5.69 Å². The number of carbonyl (C=O) groups is 1.